The normalized spacial score (nSPS) is 10.7. The molecule has 9 nitrogen and oxygen atoms in total. The fraction of sp³-hybridized carbons (Fsp3) is 0.250. The first-order valence-corrected chi connectivity index (χ1v) is 8.92. The predicted octanol–water partition coefficient (Wildman–Crippen LogP) is 3.30. The summed E-state index contributed by atoms with van der Waals surface area (Å²) in [5.41, 5.74) is 1.72. The van der Waals surface area contributed by atoms with Gasteiger partial charge in [-0.3, -0.25) is 10.1 Å². The third kappa shape index (κ3) is 5.75. The molecule has 160 valence electrons. The Balaban J connectivity index is 0.00000320. The van der Waals surface area contributed by atoms with Crippen LogP contribution >= 0.6 is 24.0 Å². The summed E-state index contributed by atoms with van der Waals surface area (Å²) in [5, 5.41) is 13.6. The minimum atomic E-state index is 0. The molecule has 1 aromatic heterocycles. The van der Waals surface area contributed by atoms with Crippen molar-refractivity contribution in [3.8, 4) is 28.6 Å². The minimum absolute atomic E-state index is 0. The van der Waals surface area contributed by atoms with Crippen LogP contribution in [0, 0.1) is 0 Å². The lowest BCUT2D eigenvalue weighted by atomic mass is 10.2. The molecule has 2 aromatic carbocycles. The zero-order valence-electron chi connectivity index (χ0n) is 17.2. The Morgan fingerprint density at radius 2 is 1.73 bits per heavy atom. The number of aromatic nitrogens is 3. The van der Waals surface area contributed by atoms with Gasteiger partial charge in [0.1, 0.15) is 11.6 Å². The highest BCUT2D eigenvalue weighted by Gasteiger charge is 2.09. The van der Waals surface area contributed by atoms with Crippen molar-refractivity contribution in [1.29, 1.82) is 0 Å². The van der Waals surface area contributed by atoms with Gasteiger partial charge in [-0.25, -0.2) is 4.98 Å². The number of aromatic amines is 1. The summed E-state index contributed by atoms with van der Waals surface area (Å²) in [5.74, 6) is 3.97. The Kier molecular flexibility index (Phi) is 8.71. The zero-order valence-corrected chi connectivity index (χ0v) is 19.6. The summed E-state index contributed by atoms with van der Waals surface area (Å²) >= 11 is 0. The van der Waals surface area contributed by atoms with Gasteiger partial charge in [0, 0.05) is 24.4 Å². The number of rotatable bonds is 7. The second-order valence-corrected chi connectivity index (χ2v) is 5.95. The van der Waals surface area contributed by atoms with Gasteiger partial charge in [-0.1, -0.05) is 0 Å². The smallest absolute Gasteiger partial charge is 0.195 e. The summed E-state index contributed by atoms with van der Waals surface area (Å²) in [7, 11) is 6.52. The average Bonchev–Trinajstić information content (AvgIpc) is 3.25. The standard InChI is InChI=1S/C20H24N6O3.HI/c1-21-20(23-14-7-10-16(28-3)17(11-14)29-4)22-12-18-24-19(26-25-18)13-5-8-15(27-2)9-6-13;/h5-11H,12H2,1-4H3,(H2,21,22,23)(H,24,25,26);1H. The third-order valence-electron chi connectivity index (χ3n) is 4.17. The van der Waals surface area contributed by atoms with E-state index in [1.807, 2.05) is 42.5 Å². The molecule has 0 aliphatic heterocycles. The van der Waals surface area contributed by atoms with Gasteiger partial charge in [-0.05, 0) is 36.4 Å². The SMILES string of the molecule is CN=C(NCc1nc(-c2ccc(OC)cc2)n[nH]1)Nc1ccc(OC)c(OC)c1.I. The summed E-state index contributed by atoms with van der Waals surface area (Å²) in [6.07, 6.45) is 0. The Morgan fingerprint density at radius 1 is 1.00 bits per heavy atom. The lowest BCUT2D eigenvalue weighted by Crippen LogP contribution is -2.30. The molecule has 0 aliphatic carbocycles. The maximum atomic E-state index is 5.32. The maximum Gasteiger partial charge on any atom is 0.195 e. The highest BCUT2D eigenvalue weighted by Crippen LogP contribution is 2.29. The van der Waals surface area contributed by atoms with Gasteiger partial charge in [0.25, 0.3) is 0 Å². The number of benzene rings is 2. The van der Waals surface area contributed by atoms with Gasteiger partial charge in [0.05, 0.1) is 27.9 Å². The second-order valence-electron chi connectivity index (χ2n) is 5.95. The van der Waals surface area contributed by atoms with Crippen LogP contribution in [-0.4, -0.2) is 49.5 Å². The van der Waals surface area contributed by atoms with E-state index >= 15 is 0 Å². The molecular formula is C20H25IN6O3. The third-order valence-corrected chi connectivity index (χ3v) is 4.17. The fourth-order valence-electron chi connectivity index (χ4n) is 2.64. The largest absolute Gasteiger partial charge is 0.497 e. The Morgan fingerprint density at radius 3 is 2.37 bits per heavy atom. The van der Waals surface area contributed by atoms with E-state index in [1.54, 1.807) is 28.4 Å². The number of methoxy groups -OCH3 is 3. The quantitative estimate of drug-likeness (QED) is 0.248. The van der Waals surface area contributed by atoms with E-state index < -0.39 is 0 Å². The zero-order chi connectivity index (χ0) is 20.6. The van der Waals surface area contributed by atoms with E-state index in [4.69, 9.17) is 14.2 Å². The molecule has 0 spiro atoms. The summed E-state index contributed by atoms with van der Waals surface area (Å²) in [6.45, 7) is 0.427. The van der Waals surface area contributed by atoms with Gasteiger partial charge < -0.3 is 24.8 Å². The number of H-pyrrole nitrogens is 1. The van der Waals surface area contributed by atoms with E-state index in [2.05, 4.69) is 30.8 Å². The van der Waals surface area contributed by atoms with Crippen molar-refractivity contribution < 1.29 is 14.2 Å². The molecule has 10 heteroatoms. The first-order chi connectivity index (χ1) is 14.2. The molecule has 1 heterocycles. The minimum Gasteiger partial charge on any atom is -0.497 e. The lowest BCUT2D eigenvalue weighted by molar-refractivity contribution is 0.355. The van der Waals surface area contributed by atoms with Crippen LogP contribution in [0.2, 0.25) is 0 Å². The fourth-order valence-corrected chi connectivity index (χ4v) is 2.64. The molecule has 0 saturated carbocycles. The predicted molar refractivity (Wildman–Crippen MR) is 127 cm³/mol. The van der Waals surface area contributed by atoms with Crippen molar-refractivity contribution in [3.05, 3.63) is 48.3 Å². The van der Waals surface area contributed by atoms with Gasteiger partial charge in [0.2, 0.25) is 0 Å². The molecule has 3 N–H and O–H groups in total. The molecule has 0 saturated heterocycles. The van der Waals surface area contributed by atoms with Gasteiger partial charge in [0.15, 0.2) is 23.3 Å². The van der Waals surface area contributed by atoms with Crippen LogP contribution in [0.15, 0.2) is 47.5 Å². The van der Waals surface area contributed by atoms with Crippen molar-refractivity contribution in [2.24, 2.45) is 4.99 Å². The number of ether oxygens (including phenoxy) is 3. The summed E-state index contributed by atoms with van der Waals surface area (Å²) < 4.78 is 15.7. The maximum absolute atomic E-state index is 5.32. The molecular weight excluding hydrogens is 499 g/mol. The number of halogens is 1. The Bertz CT molecular complexity index is 975. The number of nitrogens with one attached hydrogen (secondary N) is 3. The molecule has 0 aliphatic rings. The van der Waals surface area contributed by atoms with Crippen molar-refractivity contribution in [2.75, 3.05) is 33.7 Å². The average molecular weight is 524 g/mol. The number of aliphatic imine (C=N–C) groups is 1. The van der Waals surface area contributed by atoms with Gasteiger partial charge in [-0.15, -0.1) is 24.0 Å². The lowest BCUT2D eigenvalue weighted by Gasteiger charge is -2.13. The molecule has 0 atom stereocenters. The monoisotopic (exact) mass is 524 g/mol. The van der Waals surface area contributed by atoms with Crippen LogP contribution in [0.5, 0.6) is 17.2 Å². The number of hydrogen-bond donors (Lipinski definition) is 3. The van der Waals surface area contributed by atoms with Gasteiger partial charge in [-0.2, -0.15) is 5.10 Å². The van der Waals surface area contributed by atoms with Crippen LogP contribution in [-0.2, 0) is 6.54 Å². The number of nitrogens with zero attached hydrogens (tertiary/aromatic N) is 3. The van der Waals surface area contributed by atoms with E-state index in [-0.39, 0.29) is 24.0 Å². The van der Waals surface area contributed by atoms with E-state index in [0.29, 0.717) is 35.7 Å². The Labute approximate surface area is 192 Å². The van der Waals surface area contributed by atoms with Crippen LogP contribution in [0.25, 0.3) is 11.4 Å². The first kappa shape index (κ1) is 23.3. The second kappa shape index (κ2) is 11.2. The van der Waals surface area contributed by atoms with Crippen LogP contribution in [0.4, 0.5) is 5.69 Å². The van der Waals surface area contributed by atoms with E-state index in [0.717, 1.165) is 17.0 Å². The van der Waals surface area contributed by atoms with Gasteiger partial charge >= 0.3 is 0 Å². The highest BCUT2D eigenvalue weighted by molar-refractivity contribution is 14.0. The first-order valence-electron chi connectivity index (χ1n) is 8.92. The Hall–Kier alpha value is -3.02. The van der Waals surface area contributed by atoms with Crippen molar-refractivity contribution in [3.63, 3.8) is 0 Å². The van der Waals surface area contributed by atoms with E-state index in [1.165, 1.54) is 0 Å². The molecule has 0 fully saturated rings. The topological polar surface area (TPSA) is 106 Å². The van der Waals surface area contributed by atoms with Crippen LogP contribution < -0.4 is 24.8 Å². The van der Waals surface area contributed by atoms with Crippen molar-refractivity contribution >= 4 is 35.6 Å². The van der Waals surface area contributed by atoms with E-state index in [9.17, 15) is 0 Å². The summed E-state index contributed by atoms with van der Waals surface area (Å²) in [6, 6.07) is 13.1. The van der Waals surface area contributed by atoms with Crippen LogP contribution in [0.1, 0.15) is 5.82 Å². The molecule has 3 rings (SSSR count). The number of hydrogen-bond acceptors (Lipinski definition) is 6. The summed E-state index contributed by atoms with van der Waals surface area (Å²) in [4.78, 5) is 8.74. The molecule has 0 unspecified atom stereocenters. The van der Waals surface area contributed by atoms with Crippen molar-refractivity contribution in [1.82, 2.24) is 20.5 Å². The molecule has 0 radical (unpaired) electrons. The molecule has 0 bridgehead atoms. The number of guanidine groups is 1. The molecule has 3 aromatic rings. The molecule has 30 heavy (non-hydrogen) atoms. The highest BCUT2D eigenvalue weighted by atomic mass is 127. The van der Waals surface area contributed by atoms with Crippen molar-refractivity contribution in [2.45, 2.75) is 6.54 Å². The van der Waals surface area contributed by atoms with Crippen LogP contribution in [0.3, 0.4) is 0 Å². The number of anilines is 1. The molecule has 0 amide bonds.